The first-order valence-electron chi connectivity index (χ1n) is 7.26. The number of hydrogen-bond donors (Lipinski definition) is 2. The van der Waals surface area contributed by atoms with E-state index >= 15 is 0 Å². The summed E-state index contributed by atoms with van der Waals surface area (Å²) >= 11 is 6.06. The van der Waals surface area contributed by atoms with Gasteiger partial charge < -0.3 is 10.1 Å². The monoisotopic (exact) mass is 322 g/mol. The largest absolute Gasteiger partial charge is 0.475 e. The van der Waals surface area contributed by atoms with Gasteiger partial charge in [-0.1, -0.05) is 37.4 Å². The highest BCUT2D eigenvalue weighted by Crippen LogP contribution is 2.27. The Hall–Kier alpha value is -2.08. The van der Waals surface area contributed by atoms with Crippen molar-refractivity contribution in [1.29, 1.82) is 0 Å². The number of H-pyrrole nitrogens is 1. The number of ether oxygens (including phenoxy) is 1. The molecule has 2 aromatic rings. The number of nitrogens with one attached hydrogen (secondary N) is 2. The molecule has 0 radical (unpaired) electrons. The van der Waals surface area contributed by atoms with Gasteiger partial charge in [0.2, 0.25) is 0 Å². The second-order valence-electron chi connectivity index (χ2n) is 4.82. The lowest BCUT2D eigenvalue weighted by molar-refractivity contribution is 0.292. The van der Waals surface area contributed by atoms with Crippen LogP contribution in [0.4, 0.5) is 5.69 Å². The Morgan fingerprint density at radius 1 is 1.41 bits per heavy atom. The van der Waals surface area contributed by atoms with Gasteiger partial charge in [0.15, 0.2) is 0 Å². The first kappa shape index (κ1) is 16.3. The molecule has 0 aliphatic carbocycles. The highest BCUT2D eigenvalue weighted by atomic mass is 35.5. The predicted molar refractivity (Wildman–Crippen MR) is 86.5 cm³/mol. The summed E-state index contributed by atoms with van der Waals surface area (Å²) in [6.45, 7) is 3.13. The molecule has 2 aromatic heterocycles. The molecule has 0 aromatic carbocycles. The molecule has 0 amide bonds. The zero-order chi connectivity index (χ0) is 15.8. The first-order chi connectivity index (χ1) is 10.7. The molecule has 2 rings (SSSR count). The fourth-order valence-corrected chi connectivity index (χ4v) is 2.08. The molecular weight excluding hydrogens is 304 g/mol. The lowest BCUT2D eigenvalue weighted by atomic mass is 10.3. The van der Waals surface area contributed by atoms with Crippen LogP contribution in [0.5, 0.6) is 5.88 Å². The summed E-state index contributed by atoms with van der Waals surface area (Å²) in [6, 6.07) is 3.77. The minimum atomic E-state index is -0.448. The number of pyridine rings is 1. The molecule has 0 atom stereocenters. The van der Waals surface area contributed by atoms with Crippen LogP contribution in [0.2, 0.25) is 5.02 Å². The third-order valence-electron chi connectivity index (χ3n) is 3.07. The number of aromatic amines is 1. The Morgan fingerprint density at radius 3 is 3.00 bits per heavy atom. The van der Waals surface area contributed by atoms with Gasteiger partial charge in [-0.3, -0.25) is 9.78 Å². The van der Waals surface area contributed by atoms with Gasteiger partial charge in [0.1, 0.15) is 10.7 Å². The molecule has 2 heterocycles. The minimum absolute atomic E-state index is 0.0457. The normalized spacial score (nSPS) is 10.5. The van der Waals surface area contributed by atoms with E-state index in [-0.39, 0.29) is 5.02 Å². The van der Waals surface area contributed by atoms with Crippen molar-refractivity contribution in [3.05, 3.63) is 45.5 Å². The van der Waals surface area contributed by atoms with Crippen LogP contribution in [-0.2, 0) is 6.54 Å². The molecule has 0 aliphatic heterocycles. The topological polar surface area (TPSA) is 79.9 Å². The zero-order valence-corrected chi connectivity index (χ0v) is 13.2. The molecule has 2 N–H and O–H groups in total. The van der Waals surface area contributed by atoms with Crippen molar-refractivity contribution in [3.8, 4) is 5.88 Å². The number of halogens is 1. The van der Waals surface area contributed by atoms with Crippen molar-refractivity contribution in [3.63, 3.8) is 0 Å². The Balaban J connectivity index is 2.09. The second-order valence-corrected chi connectivity index (χ2v) is 5.20. The molecule has 7 heteroatoms. The van der Waals surface area contributed by atoms with Crippen LogP contribution < -0.4 is 15.6 Å². The smallest absolute Gasteiger partial charge is 0.285 e. The minimum Gasteiger partial charge on any atom is -0.475 e. The van der Waals surface area contributed by atoms with E-state index in [1.54, 1.807) is 12.4 Å². The number of unbranched alkanes of at least 4 members (excludes halogenated alkanes) is 2. The van der Waals surface area contributed by atoms with Crippen LogP contribution in [0, 0.1) is 0 Å². The van der Waals surface area contributed by atoms with Crippen molar-refractivity contribution in [1.82, 2.24) is 15.2 Å². The number of aromatic nitrogens is 3. The Morgan fingerprint density at radius 2 is 2.27 bits per heavy atom. The lowest BCUT2D eigenvalue weighted by Gasteiger charge is -2.12. The number of rotatable bonds is 8. The molecule has 0 bridgehead atoms. The van der Waals surface area contributed by atoms with Crippen molar-refractivity contribution < 1.29 is 4.74 Å². The fourth-order valence-electron chi connectivity index (χ4n) is 1.89. The van der Waals surface area contributed by atoms with E-state index in [9.17, 15) is 4.79 Å². The maximum Gasteiger partial charge on any atom is 0.285 e. The molecule has 0 spiro atoms. The number of nitrogens with zero attached hydrogens (tertiary/aromatic N) is 2. The van der Waals surface area contributed by atoms with Gasteiger partial charge in [-0.2, -0.15) is 0 Å². The molecule has 22 heavy (non-hydrogen) atoms. The Labute approximate surface area is 133 Å². The number of hydrogen-bond acceptors (Lipinski definition) is 5. The second kappa shape index (κ2) is 8.38. The summed E-state index contributed by atoms with van der Waals surface area (Å²) < 4.78 is 5.62. The van der Waals surface area contributed by atoms with E-state index in [4.69, 9.17) is 16.3 Å². The average Bonchev–Trinajstić information content (AvgIpc) is 2.55. The van der Waals surface area contributed by atoms with E-state index in [2.05, 4.69) is 27.4 Å². The van der Waals surface area contributed by atoms with E-state index < -0.39 is 5.56 Å². The van der Waals surface area contributed by atoms with Gasteiger partial charge in [-0.05, 0) is 18.1 Å². The van der Waals surface area contributed by atoms with Gasteiger partial charge in [0.25, 0.3) is 11.4 Å². The maximum atomic E-state index is 11.6. The molecule has 0 aliphatic rings. The quantitative estimate of drug-likeness (QED) is 0.730. The molecule has 0 saturated carbocycles. The van der Waals surface area contributed by atoms with Crippen molar-refractivity contribution >= 4 is 17.3 Å². The summed E-state index contributed by atoms with van der Waals surface area (Å²) in [4.78, 5) is 15.7. The van der Waals surface area contributed by atoms with E-state index in [0.29, 0.717) is 24.7 Å². The van der Waals surface area contributed by atoms with Crippen LogP contribution in [0.15, 0.2) is 29.3 Å². The highest BCUT2D eigenvalue weighted by Gasteiger charge is 2.13. The van der Waals surface area contributed by atoms with Gasteiger partial charge in [0.05, 0.1) is 6.61 Å². The SMILES string of the molecule is CCCCCOc1n[nH]c(=O)c(Cl)c1NCc1cccnc1. The van der Waals surface area contributed by atoms with E-state index in [0.717, 1.165) is 24.8 Å². The maximum absolute atomic E-state index is 11.6. The van der Waals surface area contributed by atoms with Crippen molar-refractivity contribution in [2.45, 2.75) is 32.7 Å². The molecule has 118 valence electrons. The summed E-state index contributed by atoms with van der Waals surface area (Å²) in [7, 11) is 0. The molecule has 0 fully saturated rings. The van der Waals surface area contributed by atoms with E-state index in [1.807, 2.05) is 12.1 Å². The van der Waals surface area contributed by atoms with Gasteiger partial charge in [-0.15, -0.1) is 5.10 Å². The van der Waals surface area contributed by atoms with Gasteiger partial charge in [-0.25, -0.2) is 5.10 Å². The van der Waals surface area contributed by atoms with Crippen molar-refractivity contribution in [2.75, 3.05) is 11.9 Å². The summed E-state index contributed by atoms with van der Waals surface area (Å²) in [5, 5.41) is 9.41. The lowest BCUT2D eigenvalue weighted by Crippen LogP contribution is -2.15. The van der Waals surface area contributed by atoms with Crippen molar-refractivity contribution in [2.24, 2.45) is 0 Å². The molecule has 6 nitrogen and oxygen atoms in total. The average molecular weight is 323 g/mol. The standard InChI is InChI=1S/C15H19ClN4O2/c1-2-3-4-8-22-15-13(12(16)14(21)19-20-15)18-10-11-6-5-7-17-9-11/h5-7,9H,2-4,8,10H2,1H3,(H2,18,19,21). The Kier molecular flexibility index (Phi) is 6.21. The van der Waals surface area contributed by atoms with Gasteiger partial charge >= 0.3 is 0 Å². The number of anilines is 1. The zero-order valence-electron chi connectivity index (χ0n) is 12.4. The summed E-state index contributed by atoms with van der Waals surface area (Å²) in [5.74, 6) is 0.310. The van der Waals surface area contributed by atoms with Crippen LogP contribution >= 0.6 is 11.6 Å². The first-order valence-corrected chi connectivity index (χ1v) is 7.64. The molecule has 0 unspecified atom stereocenters. The van der Waals surface area contributed by atoms with Crippen LogP contribution in [-0.4, -0.2) is 21.8 Å². The Bertz CT molecular complexity index is 646. The van der Waals surface area contributed by atoms with Gasteiger partial charge in [0, 0.05) is 18.9 Å². The van der Waals surface area contributed by atoms with Crippen LogP contribution in [0.1, 0.15) is 31.7 Å². The summed E-state index contributed by atoms with van der Waals surface area (Å²) in [5.41, 5.74) is 0.929. The fraction of sp³-hybridized carbons (Fsp3) is 0.400. The van der Waals surface area contributed by atoms with Crippen LogP contribution in [0.25, 0.3) is 0 Å². The summed E-state index contributed by atoms with van der Waals surface area (Å²) in [6.07, 6.45) is 6.55. The molecule has 0 saturated heterocycles. The predicted octanol–water partition coefficient (Wildman–Crippen LogP) is 3.00. The molecular formula is C15H19ClN4O2. The third-order valence-corrected chi connectivity index (χ3v) is 3.43. The third kappa shape index (κ3) is 4.46. The van der Waals surface area contributed by atoms with Crippen LogP contribution in [0.3, 0.4) is 0 Å². The highest BCUT2D eigenvalue weighted by molar-refractivity contribution is 6.33. The van der Waals surface area contributed by atoms with E-state index in [1.165, 1.54) is 0 Å².